The first kappa shape index (κ1) is 16.9. The lowest BCUT2D eigenvalue weighted by atomic mass is 9.91. The van der Waals surface area contributed by atoms with Crippen LogP contribution in [0.3, 0.4) is 0 Å². The summed E-state index contributed by atoms with van der Waals surface area (Å²) in [6.45, 7) is 8.33. The summed E-state index contributed by atoms with van der Waals surface area (Å²) in [7, 11) is 2.22. The van der Waals surface area contributed by atoms with Crippen molar-refractivity contribution in [2.24, 2.45) is 0 Å². The fraction of sp³-hybridized carbons (Fsp3) is 1.00. The summed E-state index contributed by atoms with van der Waals surface area (Å²) in [6.07, 6.45) is 5.47. The quantitative estimate of drug-likeness (QED) is 0.669. The van der Waals surface area contributed by atoms with Gasteiger partial charge >= 0.3 is 0 Å². The van der Waals surface area contributed by atoms with E-state index in [1.807, 2.05) is 0 Å². The average molecular weight is 272 g/mol. The molecule has 0 radical (unpaired) electrons. The van der Waals surface area contributed by atoms with Crippen LogP contribution in [0.25, 0.3) is 0 Å². The molecule has 1 rings (SSSR count). The van der Waals surface area contributed by atoms with E-state index in [0.29, 0.717) is 6.04 Å². The Morgan fingerprint density at radius 2 is 2.00 bits per heavy atom. The Kier molecular flexibility index (Phi) is 7.91. The Labute approximate surface area is 118 Å². The van der Waals surface area contributed by atoms with Crippen molar-refractivity contribution in [1.82, 2.24) is 10.2 Å². The summed E-state index contributed by atoms with van der Waals surface area (Å²) in [5.41, 5.74) is -0.0781. The lowest BCUT2D eigenvalue weighted by Crippen LogP contribution is -2.48. The van der Waals surface area contributed by atoms with Crippen molar-refractivity contribution in [3.63, 3.8) is 0 Å². The van der Waals surface area contributed by atoms with Crippen LogP contribution < -0.4 is 5.32 Å². The van der Waals surface area contributed by atoms with Gasteiger partial charge < -0.3 is 20.1 Å². The van der Waals surface area contributed by atoms with Gasteiger partial charge in [-0.15, -0.1) is 0 Å². The van der Waals surface area contributed by atoms with E-state index < -0.39 is 0 Å². The third-order valence-electron chi connectivity index (χ3n) is 4.51. The van der Waals surface area contributed by atoms with Crippen LogP contribution >= 0.6 is 0 Å². The van der Waals surface area contributed by atoms with E-state index in [9.17, 15) is 5.11 Å². The van der Waals surface area contributed by atoms with Crippen molar-refractivity contribution in [3.05, 3.63) is 0 Å². The number of aliphatic hydroxyl groups excluding tert-OH is 1. The maximum atomic E-state index is 9.63. The molecule has 1 fully saturated rings. The highest BCUT2D eigenvalue weighted by Crippen LogP contribution is 2.19. The minimum atomic E-state index is -0.0781. The number of nitrogens with zero attached hydrogens (tertiary/aromatic N) is 1. The highest BCUT2D eigenvalue weighted by Gasteiger charge is 2.26. The summed E-state index contributed by atoms with van der Waals surface area (Å²) in [5, 5.41) is 13.1. The largest absolute Gasteiger partial charge is 0.394 e. The molecular weight excluding hydrogens is 240 g/mol. The monoisotopic (exact) mass is 272 g/mol. The molecule has 0 aliphatic carbocycles. The Balaban J connectivity index is 2.30. The maximum Gasteiger partial charge on any atom is 0.0613 e. The SMILES string of the molecule is CCNC(CC)(CO)CCCN(C)C1CCOCC1. The van der Waals surface area contributed by atoms with E-state index in [2.05, 4.69) is 31.1 Å². The van der Waals surface area contributed by atoms with E-state index in [0.717, 1.165) is 58.4 Å². The average Bonchev–Trinajstić information content (AvgIpc) is 2.47. The second-order valence-corrected chi connectivity index (χ2v) is 5.75. The number of rotatable bonds is 9. The van der Waals surface area contributed by atoms with Crippen LogP contribution in [0.2, 0.25) is 0 Å². The van der Waals surface area contributed by atoms with Gasteiger partial charge in [-0.1, -0.05) is 13.8 Å². The molecule has 0 aromatic rings. The first-order chi connectivity index (χ1) is 9.17. The second kappa shape index (κ2) is 8.90. The van der Waals surface area contributed by atoms with Gasteiger partial charge in [0.2, 0.25) is 0 Å². The van der Waals surface area contributed by atoms with Gasteiger partial charge in [-0.25, -0.2) is 0 Å². The first-order valence-corrected chi connectivity index (χ1v) is 7.81. The van der Waals surface area contributed by atoms with Gasteiger partial charge in [-0.2, -0.15) is 0 Å². The van der Waals surface area contributed by atoms with Gasteiger partial charge in [0.25, 0.3) is 0 Å². The van der Waals surface area contributed by atoms with E-state index in [4.69, 9.17) is 4.74 Å². The minimum Gasteiger partial charge on any atom is -0.394 e. The van der Waals surface area contributed by atoms with Crippen LogP contribution in [-0.4, -0.2) is 61.5 Å². The van der Waals surface area contributed by atoms with Crippen LogP contribution in [0, 0.1) is 0 Å². The van der Waals surface area contributed by atoms with Crippen molar-refractivity contribution in [3.8, 4) is 0 Å². The van der Waals surface area contributed by atoms with E-state index in [-0.39, 0.29) is 12.1 Å². The Bertz CT molecular complexity index is 226. The van der Waals surface area contributed by atoms with Crippen molar-refractivity contribution < 1.29 is 9.84 Å². The van der Waals surface area contributed by atoms with Crippen LogP contribution in [0.4, 0.5) is 0 Å². The van der Waals surface area contributed by atoms with E-state index in [1.54, 1.807) is 0 Å². The number of nitrogens with one attached hydrogen (secondary N) is 1. The summed E-state index contributed by atoms with van der Waals surface area (Å²) in [6, 6.07) is 0.679. The summed E-state index contributed by atoms with van der Waals surface area (Å²) >= 11 is 0. The van der Waals surface area contributed by atoms with Gasteiger partial charge in [-0.05, 0) is 52.2 Å². The van der Waals surface area contributed by atoms with Gasteiger partial charge in [0.15, 0.2) is 0 Å². The molecule has 1 heterocycles. The number of aliphatic hydroxyl groups is 1. The molecule has 0 bridgehead atoms. The molecule has 4 heteroatoms. The van der Waals surface area contributed by atoms with Crippen molar-refractivity contribution in [2.75, 3.05) is 40.0 Å². The standard InChI is InChI=1S/C15H32N2O2/c1-4-15(13-18,16-5-2)9-6-10-17(3)14-7-11-19-12-8-14/h14,16,18H,4-13H2,1-3H3. The molecule has 1 unspecified atom stereocenters. The molecule has 0 amide bonds. The van der Waals surface area contributed by atoms with Crippen LogP contribution in [0.5, 0.6) is 0 Å². The highest BCUT2D eigenvalue weighted by molar-refractivity contribution is 4.86. The van der Waals surface area contributed by atoms with E-state index in [1.165, 1.54) is 0 Å². The third-order valence-corrected chi connectivity index (χ3v) is 4.51. The highest BCUT2D eigenvalue weighted by atomic mass is 16.5. The summed E-state index contributed by atoms with van der Waals surface area (Å²) in [4.78, 5) is 2.46. The molecule has 0 aromatic heterocycles. The van der Waals surface area contributed by atoms with Crippen LogP contribution in [0.15, 0.2) is 0 Å². The zero-order chi connectivity index (χ0) is 14.1. The Hall–Kier alpha value is -0.160. The molecule has 1 saturated heterocycles. The lowest BCUT2D eigenvalue weighted by molar-refractivity contribution is 0.0411. The van der Waals surface area contributed by atoms with Gasteiger partial charge in [0.1, 0.15) is 0 Å². The summed E-state index contributed by atoms with van der Waals surface area (Å²) in [5.74, 6) is 0. The zero-order valence-corrected chi connectivity index (χ0v) is 13.0. The number of likely N-dealkylation sites (N-methyl/N-ethyl adjacent to an activating group) is 1. The lowest BCUT2D eigenvalue weighted by Gasteiger charge is -2.34. The molecule has 0 spiro atoms. The predicted molar refractivity (Wildman–Crippen MR) is 79.5 cm³/mol. The van der Waals surface area contributed by atoms with Crippen molar-refractivity contribution in [1.29, 1.82) is 0 Å². The van der Waals surface area contributed by atoms with Crippen molar-refractivity contribution >= 4 is 0 Å². The minimum absolute atomic E-state index is 0.0781. The molecule has 2 N–H and O–H groups in total. The predicted octanol–water partition coefficient (Wildman–Crippen LogP) is 1.63. The Morgan fingerprint density at radius 1 is 1.32 bits per heavy atom. The third kappa shape index (κ3) is 5.38. The topological polar surface area (TPSA) is 44.7 Å². The molecule has 0 saturated carbocycles. The number of ether oxygens (including phenoxy) is 1. The first-order valence-electron chi connectivity index (χ1n) is 7.81. The molecule has 114 valence electrons. The fourth-order valence-electron chi connectivity index (χ4n) is 2.99. The summed E-state index contributed by atoms with van der Waals surface area (Å²) < 4.78 is 5.41. The Morgan fingerprint density at radius 3 is 2.53 bits per heavy atom. The molecule has 1 aliphatic rings. The fourth-order valence-corrected chi connectivity index (χ4v) is 2.99. The van der Waals surface area contributed by atoms with Gasteiger partial charge in [0, 0.05) is 24.8 Å². The van der Waals surface area contributed by atoms with Crippen molar-refractivity contribution in [2.45, 2.75) is 57.5 Å². The van der Waals surface area contributed by atoms with Gasteiger partial charge in [-0.3, -0.25) is 0 Å². The normalized spacial score (nSPS) is 20.7. The number of hydrogen-bond donors (Lipinski definition) is 2. The number of hydrogen-bond acceptors (Lipinski definition) is 4. The second-order valence-electron chi connectivity index (χ2n) is 5.75. The van der Waals surface area contributed by atoms with E-state index >= 15 is 0 Å². The molecule has 19 heavy (non-hydrogen) atoms. The van der Waals surface area contributed by atoms with Crippen LogP contribution in [0.1, 0.15) is 46.0 Å². The van der Waals surface area contributed by atoms with Gasteiger partial charge in [0.05, 0.1) is 6.61 Å². The molecule has 0 aromatic carbocycles. The van der Waals surface area contributed by atoms with Crippen LogP contribution in [-0.2, 0) is 4.74 Å². The molecule has 4 nitrogen and oxygen atoms in total. The molecule has 1 atom stereocenters. The molecular formula is C15H32N2O2. The maximum absolute atomic E-state index is 9.63. The zero-order valence-electron chi connectivity index (χ0n) is 13.0. The molecule has 1 aliphatic heterocycles. The smallest absolute Gasteiger partial charge is 0.0613 e.